The van der Waals surface area contributed by atoms with Crippen LogP contribution < -0.4 is 0 Å². The van der Waals surface area contributed by atoms with Gasteiger partial charge in [0.15, 0.2) is 17.6 Å². The topological polar surface area (TPSA) is 77.3 Å². The summed E-state index contributed by atoms with van der Waals surface area (Å²) in [5.74, 6) is -0.423. The zero-order valence-corrected chi connectivity index (χ0v) is 18.1. The molecule has 8 heteroatoms. The van der Waals surface area contributed by atoms with Crippen molar-refractivity contribution in [1.29, 1.82) is 0 Å². The van der Waals surface area contributed by atoms with E-state index in [4.69, 9.17) is 16.3 Å². The largest absolute Gasteiger partial charge is 0.448 e. The first-order chi connectivity index (χ1) is 13.8. The van der Waals surface area contributed by atoms with Gasteiger partial charge in [0.2, 0.25) is 0 Å². The van der Waals surface area contributed by atoms with Crippen LogP contribution in [0.25, 0.3) is 5.82 Å². The van der Waals surface area contributed by atoms with Gasteiger partial charge in [-0.05, 0) is 64.7 Å². The molecule has 0 bridgehead atoms. The van der Waals surface area contributed by atoms with Crippen LogP contribution in [0.2, 0.25) is 5.02 Å². The molecule has 7 nitrogen and oxygen atoms in total. The van der Waals surface area contributed by atoms with E-state index in [1.54, 1.807) is 23.7 Å². The van der Waals surface area contributed by atoms with E-state index in [0.717, 1.165) is 37.1 Å². The van der Waals surface area contributed by atoms with E-state index < -0.39 is 12.1 Å². The number of ether oxygens (including phenoxy) is 1. The minimum absolute atomic E-state index is 0.0259. The standard InChI is InChI=1S/C21H27ClN4O3/c1-5-16-8-6-7-11-25(16)20(27)15(4)29-21(28)19-17(22)9-10-18(23-19)26-14(3)12-13(2)24-26/h9-10,12,15-16H,5-8,11H2,1-4H3. The van der Waals surface area contributed by atoms with Crippen LogP contribution in [-0.4, -0.2) is 50.2 Å². The average molecular weight is 419 g/mol. The fraction of sp³-hybridized carbons (Fsp3) is 0.524. The lowest BCUT2D eigenvalue weighted by atomic mass is 9.99. The van der Waals surface area contributed by atoms with Gasteiger partial charge in [0.05, 0.1) is 10.7 Å². The third-order valence-corrected chi connectivity index (χ3v) is 5.57. The third-order valence-electron chi connectivity index (χ3n) is 5.26. The van der Waals surface area contributed by atoms with Crippen molar-refractivity contribution in [1.82, 2.24) is 19.7 Å². The van der Waals surface area contributed by atoms with Gasteiger partial charge in [-0.2, -0.15) is 5.10 Å². The second kappa shape index (κ2) is 8.95. The van der Waals surface area contributed by atoms with E-state index in [9.17, 15) is 9.59 Å². The quantitative estimate of drug-likeness (QED) is 0.688. The molecule has 0 N–H and O–H groups in total. The van der Waals surface area contributed by atoms with E-state index in [0.29, 0.717) is 12.4 Å². The Morgan fingerprint density at radius 1 is 1.31 bits per heavy atom. The lowest BCUT2D eigenvalue weighted by Gasteiger charge is -2.36. The molecule has 0 aliphatic carbocycles. The number of hydrogen-bond donors (Lipinski definition) is 0. The highest BCUT2D eigenvalue weighted by atomic mass is 35.5. The number of amides is 1. The van der Waals surface area contributed by atoms with Crippen molar-refractivity contribution in [3.63, 3.8) is 0 Å². The van der Waals surface area contributed by atoms with Gasteiger partial charge in [-0.25, -0.2) is 14.5 Å². The second-order valence-electron chi connectivity index (χ2n) is 7.48. The molecule has 0 radical (unpaired) electrons. The van der Waals surface area contributed by atoms with Crippen molar-refractivity contribution in [2.24, 2.45) is 0 Å². The van der Waals surface area contributed by atoms with E-state index in [-0.39, 0.29) is 22.7 Å². The number of piperidine rings is 1. The van der Waals surface area contributed by atoms with Crippen LogP contribution in [0.15, 0.2) is 18.2 Å². The number of esters is 1. The first kappa shape index (κ1) is 21.3. The summed E-state index contributed by atoms with van der Waals surface area (Å²) in [6.45, 7) is 8.15. The van der Waals surface area contributed by atoms with Gasteiger partial charge < -0.3 is 9.64 Å². The molecule has 0 aromatic carbocycles. The van der Waals surface area contributed by atoms with Crippen LogP contribution in [0.1, 0.15) is 61.4 Å². The Kier molecular flexibility index (Phi) is 6.57. The smallest absolute Gasteiger partial charge is 0.359 e. The van der Waals surface area contributed by atoms with Crippen molar-refractivity contribution < 1.29 is 14.3 Å². The van der Waals surface area contributed by atoms with Crippen molar-refractivity contribution in [3.05, 3.63) is 40.3 Å². The summed E-state index contributed by atoms with van der Waals surface area (Å²) >= 11 is 6.19. The predicted molar refractivity (Wildman–Crippen MR) is 110 cm³/mol. The second-order valence-corrected chi connectivity index (χ2v) is 7.88. The SMILES string of the molecule is CCC1CCCCN1C(=O)C(C)OC(=O)c1nc(-n2nc(C)cc2C)ccc1Cl. The molecule has 2 aromatic rings. The van der Waals surface area contributed by atoms with Crippen LogP contribution in [0, 0.1) is 13.8 Å². The summed E-state index contributed by atoms with van der Waals surface area (Å²) in [6, 6.07) is 5.39. The van der Waals surface area contributed by atoms with Crippen LogP contribution in [-0.2, 0) is 9.53 Å². The number of pyridine rings is 1. The molecule has 156 valence electrons. The normalized spacial score (nSPS) is 17.8. The molecule has 1 amide bonds. The number of halogens is 1. The molecule has 1 saturated heterocycles. The van der Waals surface area contributed by atoms with E-state index >= 15 is 0 Å². The first-order valence-electron chi connectivity index (χ1n) is 10.0. The highest BCUT2D eigenvalue weighted by Crippen LogP contribution is 2.22. The van der Waals surface area contributed by atoms with Crippen molar-refractivity contribution >= 4 is 23.5 Å². The highest BCUT2D eigenvalue weighted by molar-refractivity contribution is 6.33. The molecular formula is C21H27ClN4O3. The molecule has 29 heavy (non-hydrogen) atoms. The van der Waals surface area contributed by atoms with Crippen molar-refractivity contribution in [3.8, 4) is 5.82 Å². The summed E-state index contributed by atoms with van der Waals surface area (Å²) in [5.41, 5.74) is 1.70. The molecule has 3 heterocycles. The molecule has 1 fully saturated rings. The Labute approximate surface area is 176 Å². The maximum absolute atomic E-state index is 12.8. The third kappa shape index (κ3) is 4.61. The summed E-state index contributed by atoms with van der Waals surface area (Å²) in [6.07, 6.45) is 3.08. The Morgan fingerprint density at radius 3 is 2.72 bits per heavy atom. The number of likely N-dealkylation sites (tertiary alicyclic amines) is 1. The number of aromatic nitrogens is 3. The molecule has 3 rings (SSSR count). The number of rotatable bonds is 5. The average Bonchev–Trinajstić information content (AvgIpc) is 3.05. The summed E-state index contributed by atoms with van der Waals surface area (Å²) < 4.78 is 7.08. The maximum Gasteiger partial charge on any atom is 0.359 e. The van der Waals surface area contributed by atoms with Crippen LogP contribution >= 0.6 is 11.6 Å². The lowest BCUT2D eigenvalue weighted by molar-refractivity contribution is -0.143. The summed E-state index contributed by atoms with van der Waals surface area (Å²) in [7, 11) is 0. The fourth-order valence-corrected chi connectivity index (χ4v) is 3.95. The molecule has 0 saturated carbocycles. The number of carbonyl (C=O) groups excluding carboxylic acids is 2. The Morgan fingerprint density at radius 2 is 2.07 bits per heavy atom. The van der Waals surface area contributed by atoms with Gasteiger partial charge >= 0.3 is 5.97 Å². The summed E-state index contributed by atoms with van der Waals surface area (Å²) in [5, 5.41) is 4.55. The lowest BCUT2D eigenvalue weighted by Crippen LogP contribution is -2.48. The monoisotopic (exact) mass is 418 g/mol. The first-order valence-corrected chi connectivity index (χ1v) is 10.4. The fourth-order valence-electron chi connectivity index (χ4n) is 3.77. The number of aryl methyl sites for hydroxylation is 2. The van der Waals surface area contributed by atoms with E-state index in [1.807, 2.05) is 24.8 Å². The van der Waals surface area contributed by atoms with E-state index in [2.05, 4.69) is 17.0 Å². The molecule has 2 aromatic heterocycles. The van der Waals surface area contributed by atoms with E-state index in [1.165, 1.54) is 0 Å². The number of carbonyl (C=O) groups is 2. The number of hydrogen-bond acceptors (Lipinski definition) is 5. The molecule has 1 aliphatic heterocycles. The van der Waals surface area contributed by atoms with Crippen molar-refractivity contribution in [2.75, 3.05) is 6.54 Å². The van der Waals surface area contributed by atoms with Gasteiger partial charge in [-0.1, -0.05) is 18.5 Å². The maximum atomic E-state index is 12.8. The molecular weight excluding hydrogens is 392 g/mol. The zero-order valence-electron chi connectivity index (χ0n) is 17.3. The zero-order chi connectivity index (χ0) is 21.1. The molecule has 2 atom stereocenters. The Balaban J connectivity index is 1.77. The highest BCUT2D eigenvalue weighted by Gasteiger charge is 2.31. The van der Waals surface area contributed by atoms with Gasteiger partial charge in [-0.3, -0.25) is 4.79 Å². The van der Waals surface area contributed by atoms with Gasteiger partial charge in [-0.15, -0.1) is 0 Å². The Bertz CT molecular complexity index is 911. The van der Waals surface area contributed by atoms with Gasteiger partial charge in [0.25, 0.3) is 5.91 Å². The predicted octanol–water partition coefficient (Wildman–Crippen LogP) is 3.87. The molecule has 2 unspecified atom stereocenters. The summed E-state index contributed by atoms with van der Waals surface area (Å²) in [4.78, 5) is 31.7. The van der Waals surface area contributed by atoms with Crippen molar-refractivity contribution in [2.45, 2.75) is 65.5 Å². The van der Waals surface area contributed by atoms with Crippen LogP contribution in [0.4, 0.5) is 0 Å². The minimum Gasteiger partial charge on any atom is -0.448 e. The van der Waals surface area contributed by atoms with Crippen LogP contribution in [0.3, 0.4) is 0 Å². The van der Waals surface area contributed by atoms with Gasteiger partial charge in [0.1, 0.15) is 0 Å². The minimum atomic E-state index is -0.898. The van der Waals surface area contributed by atoms with Crippen LogP contribution in [0.5, 0.6) is 0 Å². The van der Waals surface area contributed by atoms with Gasteiger partial charge in [0, 0.05) is 18.3 Å². The molecule has 1 aliphatic rings. The molecule has 0 spiro atoms. The number of nitrogens with zero attached hydrogens (tertiary/aromatic N) is 4. The Hall–Kier alpha value is -2.41.